The average Bonchev–Trinajstić information content (AvgIpc) is 2.84. The van der Waals surface area contributed by atoms with E-state index in [9.17, 15) is 13.6 Å². The molecule has 2 unspecified atom stereocenters. The van der Waals surface area contributed by atoms with Crippen LogP contribution in [0.2, 0.25) is 0 Å². The minimum absolute atomic E-state index is 0.00803. The van der Waals surface area contributed by atoms with E-state index in [1.165, 1.54) is 0 Å². The topological polar surface area (TPSA) is 81.7 Å². The van der Waals surface area contributed by atoms with Crippen molar-refractivity contribution in [1.82, 2.24) is 4.90 Å². The maximum atomic E-state index is 13.5. The zero-order valence-electron chi connectivity index (χ0n) is 22.7. The summed E-state index contributed by atoms with van der Waals surface area (Å²) >= 11 is -2.67. The van der Waals surface area contributed by atoms with E-state index >= 15 is 0 Å². The molecule has 0 fully saturated rings. The van der Waals surface area contributed by atoms with Gasteiger partial charge in [-0.1, -0.05) is 70.2 Å². The van der Waals surface area contributed by atoms with E-state index in [1.807, 2.05) is 90.3 Å². The van der Waals surface area contributed by atoms with Gasteiger partial charge in [0.05, 0.1) is 7.11 Å². The molecule has 3 aromatic carbocycles. The first-order chi connectivity index (χ1) is 17.5. The monoisotopic (exact) mass is 521 g/mol. The first-order valence-electron chi connectivity index (χ1n) is 12.5. The largest absolute Gasteiger partial charge is 0.771 e. The highest BCUT2D eigenvalue weighted by Crippen LogP contribution is 2.41. The lowest BCUT2D eigenvalue weighted by molar-refractivity contribution is -0.116. The van der Waals surface area contributed by atoms with E-state index in [0.717, 1.165) is 40.1 Å². The van der Waals surface area contributed by atoms with Gasteiger partial charge in [-0.25, -0.2) is 0 Å². The van der Waals surface area contributed by atoms with Crippen LogP contribution in [0.25, 0.3) is 11.1 Å². The number of nitrogens with zero attached hydrogens (tertiary/aromatic N) is 1. The SMILES string of the molecule is COc1ccccc1-c1cc(C(C)C)c(C(C(=O)Nc2ccc(CN(C)C)cc2)S(=O)[O-])c(C(C)C)c1. The molecule has 0 aliphatic carbocycles. The Morgan fingerprint density at radius 1 is 0.973 bits per heavy atom. The van der Waals surface area contributed by atoms with Crippen LogP contribution in [0.5, 0.6) is 5.75 Å². The lowest BCUT2D eigenvalue weighted by Crippen LogP contribution is -2.27. The van der Waals surface area contributed by atoms with Crippen molar-refractivity contribution in [3.05, 3.63) is 82.9 Å². The van der Waals surface area contributed by atoms with Crippen molar-refractivity contribution in [3.63, 3.8) is 0 Å². The predicted molar refractivity (Wildman–Crippen MR) is 151 cm³/mol. The Morgan fingerprint density at radius 3 is 2.03 bits per heavy atom. The van der Waals surface area contributed by atoms with Gasteiger partial charge in [0.2, 0.25) is 5.91 Å². The number of benzene rings is 3. The summed E-state index contributed by atoms with van der Waals surface area (Å²) < 4.78 is 30.8. The highest BCUT2D eigenvalue weighted by molar-refractivity contribution is 7.80. The van der Waals surface area contributed by atoms with E-state index in [4.69, 9.17) is 4.74 Å². The van der Waals surface area contributed by atoms with Crippen molar-refractivity contribution in [2.24, 2.45) is 0 Å². The molecule has 0 saturated carbocycles. The lowest BCUT2D eigenvalue weighted by Gasteiger charge is -2.29. The van der Waals surface area contributed by atoms with Gasteiger partial charge in [-0.2, -0.15) is 0 Å². The van der Waals surface area contributed by atoms with Crippen LogP contribution in [0.15, 0.2) is 60.7 Å². The maximum Gasteiger partial charge on any atom is 0.243 e. The highest BCUT2D eigenvalue weighted by atomic mass is 32.2. The minimum atomic E-state index is -2.67. The third kappa shape index (κ3) is 6.86. The molecule has 198 valence electrons. The summed E-state index contributed by atoms with van der Waals surface area (Å²) in [4.78, 5) is 15.5. The van der Waals surface area contributed by atoms with Gasteiger partial charge in [0.15, 0.2) is 0 Å². The number of rotatable bonds is 10. The molecule has 0 radical (unpaired) electrons. The fraction of sp³-hybridized carbons (Fsp3) is 0.367. The van der Waals surface area contributed by atoms with Gasteiger partial charge in [0.25, 0.3) is 0 Å². The van der Waals surface area contributed by atoms with Crippen LogP contribution < -0.4 is 10.1 Å². The second-order valence-electron chi connectivity index (χ2n) is 10.1. The van der Waals surface area contributed by atoms with Gasteiger partial charge in [-0.15, -0.1) is 0 Å². The number of nitrogens with one attached hydrogen (secondary N) is 1. The van der Waals surface area contributed by atoms with Crippen molar-refractivity contribution in [3.8, 4) is 16.9 Å². The molecule has 3 aromatic rings. The number of amides is 1. The van der Waals surface area contributed by atoms with E-state index in [1.54, 1.807) is 19.2 Å². The molecular formula is C30H37N2O4S-. The van der Waals surface area contributed by atoms with Crippen molar-refractivity contribution >= 4 is 22.7 Å². The molecule has 0 heterocycles. The molecular weight excluding hydrogens is 484 g/mol. The zero-order valence-corrected chi connectivity index (χ0v) is 23.5. The Kier molecular flexibility index (Phi) is 9.65. The molecule has 1 amide bonds. The highest BCUT2D eigenvalue weighted by Gasteiger charge is 2.30. The molecule has 0 aromatic heterocycles. The van der Waals surface area contributed by atoms with Crippen LogP contribution in [0, 0.1) is 0 Å². The van der Waals surface area contributed by atoms with Gasteiger partial charge in [-0.05, 0) is 83.0 Å². The molecule has 1 N–H and O–H groups in total. The number of methoxy groups -OCH3 is 1. The smallest absolute Gasteiger partial charge is 0.243 e. The maximum absolute atomic E-state index is 13.5. The number of carbonyl (C=O) groups excluding carboxylic acids is 1. The molecule has 37 heavy (non-hydrogen) atoms. The number of hydrogen-bond acceptors (Lipinski definition) is 5. The van der Waals surface area contributed by atoms with E-state index in [0.29, 0.717) is 11.3 Å². The van der Waals surface area contributed by atoms with Crippen molar-refractivity contribution in [2.75, 3.05) is 26.5 Å². The van der Waals surface area contributed by atoms with E-state index < -0.39 is 22.2 Å². The van der Waals surface area contributed by atoms with E-state index in [-0.39, 0.29) is 11.8 Å². The van der Waals surface area contributed by atoms with Crippen LogP contribution >= 0.6 is 0 Å². The Labute approximate surface area is 223 Å². The minimum Gasteiger partial charge on any atom is -0.771 e. The van der Waals surface area contributed by atoms with Crippen LogP contribution in [-0.4, -0.2) is 40.8 Å². The quantitative estimate of drug-likeness (QED) is 0.320. The van der Waals surface area contributed by atoms with Crippen LogP contribution in [-0.2, 0) is 22.4 Å². The average molecular weight is 522 g/mol. The molecule has 0 aliphatic heterocycles. The van der Waals surface area contributed by atoms with Crippen LogP contribution in [0.1, 0.15) is 67.0 Å². The molecule has 0 saturated heterocycles. The Hall–Kier alpha value is -3.00. The van der Waals surface area contributed by atoms with Gasteiger partial charge in [0.1, 0.15) is 11.0 Å². The fourth-order valence-electron chi connectivity index (χ4n) is 4.58. The number of ether oxygens (including phenoxy) is 1. The third-order valence-electron chi connectivity index (χ3n) is 6.32. The lowest BCUT2D eigenvalue weighted by atomic mass is 9.83. The summed E-state index contributed by atoms with van der Waals surface area (Å²) in [7, 11) is 5.61. The summed E-state index contributed by atoms with van der Waals surface area (Å²) in [5.41, 5.74) is 5.73. The standard InChI is InChI=1S/C30H38N2O4S/c1-19(2)25-16-22(24-10-8-9-11-27(24)36-7)17-26(20(3)4)28(25)29(37(34)35)30(33)31-23-14-12-21(13-15-23)18-32(5)6/h8-17,19-20,29H,18H2,1-7H3,(H,31,33)(H,34,35)/p-1. The van der Waals surface area contributed by atoms with Crippen LogP contribution in [0.3, 0.4) is 0 Å². The predicted octanol–water partition coefficient (Wildman–Crippen LogP) is 6.23. The molecule has 2 atom stereocenters. The molecule has 7 heteroatoms. The van der Waals surface area contributed by atoms with Crippen molar-refractivity contribution in [1.29, 1.82) is 0 Å². The summed E-state index contributed by atoms with van der Waals surface area (Å²) in [6, 6.07) is 19.2. The number of para-hydroxylation sites is 1. The second-order valence-corrected chi connectivity index (χ2v) is 11.1. The van der Waals surface area contributed by atoms with Gasteiger partial charge in [0, 0.05) is 17.8 Å². The summed E-state index contributed by atoms with van der Waals surface area (Å²) in [6.45, 7) is 8.83. The zero-order chi connectivity index (χ0) is 27.3. The van der Waals surface area contributed by atoms with Gasteiger partial charge in [-0.3, -0.25) is 9.00 Å². The van der Waals surface area contributed by atoms with E-state index in [2.05, 4.69) is 10.2 Å². The number of hydrogen-bond donors (Lipinski definition) is 1. The summed E-state index contributed by atoms with van der Waals surface area (Å²) in [5, 5.41) is 1.49. The molecule has 0 aliphatic rings. The summed E-state index contributed by atoms with van der Waals surface area (Å²) in [5.74, 6) is 0.152. The second kappa shape index (κ2) is 12.5. The molecule has 0 spiro atoms. The Morgan fingerprint density at radius 2 is 1.54 bits per heavy atom. The molecule has 0 bridgehead atoms. The fourth-order valence-corrected chi connectivity index (χ4v) is 5.28. The number of anilines is 1. The third-order valence-corrected chi connectivity index (χ3v) is 7.15. The Bertz CT molecular complexity index is 1220. The normalized spacial score (nSPS) is 13.2. The summed E-state index contributed by atoms with van der Waals surface area (Å²) in [6.07, 6.45) is 0. The van der Waals surface area contributed by atoms with Gasteiger partial charge >= 0.3 is 0 Å². The van der Waals surface area contributed by atoms with Crippen molar-refractivity contribution < 1.29 is 18.3 Å². The van der Waals surface area contributed by atoms with Crippen molar-refractivity contribution in [2.45, 2.75) is 51.3 Å². The van der Waals surface area contributed by atoms with Crippen LogP contribution in [0.4, 0.5) is 5.69 Å². The first-order valence-corrected chi connectivity index (χ1v) is 13.6. The number of carbonyl (C=O) groups is 1. The first kappa shape index (κ1) is 28.6. The van der Waals surface area contributed by atoms with Gasteiger partial charge < -0.3 is 19.5 Å². The molecule has 6 nitrogen and oxygen atoms in total. The molecule has 3 rings (SSSR count). The Balaban J connectivity index is 2.10.